The van der Waals surface area contributed by atoms with E-state index < -0.39 is 78.1 Å². The molecule has 4 rings (SSSR count). The van der Waals surface area contributed by atoms with E-state index in [4.69, 9.17) is 28.4 Å². The van der Waals surface area contributed by atoms with Gasteiger partial charge >= 0.3 is 36.1 Å². The molecule has 14 nitrogen and oxygen atoms in total. The van der Waals surface area contributed by atoms with Crippen LogP contribution in [0.3, 0.4) is 0 Å². The summed E-state index contributed by atoms with van der Waals surface area (Å²) in [5.41, 5.74) is 0.244. The first-order chi connectivity index (χ1) is 33.7. The molecule has 4 aromatic rings. The van der Waals surface area contributed by atoms with Crippen LogP contribution in [0, 0.1) is 5.41 Å². The van der Waals surface area contributed by atoms with Crippen molar-refractivity contribution in [2.75, 3.05) is 23.8 Å². The molecule has 4 aromatic carbocycles. The molecule has 2 N–H and O–H groups in total. The first-order valence-electron chi connectivity index (χ1n) is 23.8. The molecule has 0 heterocycles. The number of rotatable bonds is 25. The lowest BCUT2D eigenvalue weighted by Crippen LogP contribution is -2.51. The average molecular weight is 973 g/mol. The van der Waals surface area contributed by atoms with E-state index in [9.17, 15) is 28.8 Å². The Kier molecular flexibility index (Phi) is 20.5. The zero-order chi connectivity index (χ0) is 52.4. The topological polar surface area (TPSA) is 182 Å². The molecule has 2 amide bonds. The molecule has 0 aromatic heterocycles. The number of ether oxygens (including phenoxy) is 6. The van der Waals surface area contributed by atoms with Gasteiger partial charge in [-0.2, -0.15) is 0 Å². The minimum atomic E-state index is -1.54. The fraction of sp³-hybridized carbons (Fsp3) is 0.368. The number of benzene rings is 4. The Morgan fingerprint density at radius 2 is 1.01 bits per heavy atom. The van der Waals surface area contributed by atoms with Gasteiger partial charge in [0, 0.05) is 34.3 Å². The van der Waals surface area contributed by atoms with Crippen molar-refractivity contribution in [1.82, 2.24) is 0 Å². The minimum absolute atomic E-state index is 0.0297. The highest BCUT2D eigenvalue weighted by atomic mass is 16.6. The predicted molar refractivity (Wildman–Crippen MR) is 274 cm³/mol. The second kappa shape index (κ2) is 25.9. The van der Waals surface area contributed by atoms with Crippen LogP contribution in [0.4, 0.5) is 21.0 Å². The van der Waals surface area contributed by atoms with E-state index in [1.165, 1.54) is 13.8 Å². The SMILES string of the molecule is C=C(C)C(=O)OCC(OC(=O)Nc1ccccc1-c1ccccc1)C(CC)(CC)OC(=O)C(=C)CC(C)(C)C(=O)OCC(CC(CC)(CC)OC(=O)C(=C)C)OC(=O)Nc1ccccc1-c1ccccc1. The molecule has 2 unspecified atom stereocenters. The van der Waals surface area contributed by atoms with Crippen LogP contribution in [0.1, 0.15) is 93.9 Å². The van der Waals surface area contributed by atoms with Gasteiger partial charge in [-0.15, -0.1) is 0 Å². The van der Waals surface area contributed by atoms with E-state index in [1.807, 2.05) is 98.8 Å². The van der Waals surface area contributed by atoms with Crippen LogP contribution >= 0.6 is 0 Å². The van der Waals surface area contributed by atoms with Gasteiger partial charge in [-0.1, -0.05) is 144 Å². The van der Waals surface area contributed by atoms with Crippen LogP contribution in [0.2, 0.25) is 0 Å². The van der Waals surface area contributed by atoms with Crippen molar-refractivity contribution < 1.29 is 57.2 Å². The number of anilines is 2. The van der Waals surface area contributed by atoms with Gasteiger partial charge in [0.1, 0.15) is 24.9 Å². The number of nitrogens with one attached hydrogen (secondary N) is 2. The van der Waals surface area contributed by atoms with Crippen molar-refractivity contribution in [1.29, 1.82) is 0 Å². The van der Waals surface area contributed by atoms with E-state index in [1.54, 1.807) is 52.0 Å². The number of carbonyl (C=O) groups is 6. The molecule has 378 valence electrons. The smallest absolute Gasteiger partial charge is 0.412 e. The molecule has 0 bridgehead atoms. The molecular formula is C57H68N2O12. The van der Waals surface area contributed by atoms with E-state index in [2.05, 4.69) is 30.4 Å². The number of para-hydroxylation sites is 2. The van der Waals surface area contributed by atoms with Gasteiger partial charge in [0.2, 0.25) is 0 Å². The van der Waals surface area contributed by atoms with E-state index >= 15 is 0 Å². The Labute approximate surface area is 417 Å². The van der Waals surface area contributed by atoms with Crippen LogP contribution in [-0.2, 0) is 47.6 Å². The highest BCUT2D eigenvalue weighted by Gasteiger charge is 2.45. The number of hydrogen-bond donors (Lipinski definition) is 2. The molecule has 0 aliphatic rings. The predicted octanol–water partition coefficient (Wildman–Crippen LogP) is 12.4. The van der Waals surface area contributed by atoms with Crippen LogP contribution in [0.5, 0.6) is 0 Å². The Morgan fingerprint density at radius 3 is 1.48 bits per heavy atom. The van der Waals surface area contributed by atoms with Crippen molar-refractivity contribution in [3.63, 3.8) is 0 Å². The lowest BCUT2D eigenvalue weighted by Gasteiger charge is -2.38. The van der Waals surface area contributed by atoms with Crippen molar-refractivity contribution >= 4 is 47.4 Å². The van der Waals surface area contributed by atoms with E-state index in [-0.39, 0.29) is 42.4 Å². The van der Waals surface area contributed by atoms with Crippen LogP contribution in [0.15, 0.2) is 146 Å². The summed E-state index contributed by atoms with van der Waals surface area (Å²) in [4.78, 5) is 80.9. The number of amides is 2. The standard InChI is InChI=1S/C57H68N2O12/c1-12-56(13-2,70-50(61)39(7)8)35-43(68-53(64)58-46-32-24-22-30-44(46)41-26-18-16-19-27-41)36-67-52(63)55(10,11)34-40(9)51(62)71-57(14-3,15-4)48(37-66-49(60)38(5)6)69-54(65)59-47-33-25-23-31-45(47)42-28-20-17-21-29-42/h16-33,43,48H,5,7,9,12-15,34-37H2,1-4,6,8,10-11H3,(H,58,64)(H,59,65). The summed E-state index contributed by atoms with van der Waals surface area (Å²) in [6.07, 6.45) is -3.51. The number of hydrogen-bond acceptors (Lipinski definition) is 12. The zero-order valence-electron chi connectivity index (χ0n) is 42.2. The average Bonchev–Trinajstić information content (AvgIpc) is 3.36. The molecule has 71 heavy (non-hydrogen) atoms. The van der Waals surface area contributed by atoms with Gasteiger partial charge in [-0.25, -0.2) is 24.0 Å². The maximum absolute atomic E-state index is 14.1. The molecule has 0 fully saturated rings. The van der Waals surface area contributed by atoms with Crippen LogP contribution in [0.25, 0.3) is 22.3 Å². The zero-order valence-corrected chi connectivity index (χ0v) is 42.2. The van der Waals surface area contributed by atoms with Gasteiger partial charge < -0.3 is 28.4 Å². The first kappa shape index (κ1) is 56.1. The monoisotopic (exact) mass is 972 g/mol. The molecule has 2 atom stereocenters. The molecule has 0 saturated carbocycles. The summed E-state index contributed by atoms with van der Waals surface area (Å²) in [5.74, 6) is -3.01. The van der Waals surface area contributed by atoms with Gasteiger partial charge in [-0.3, -0.25) is 15.4 Å². The highest BCUT2D eigenvalue weighted by Crippen LogP contribution is 2.35. The van der Waals surface area contributed by atoms with Crippen LogP contribution in [-0.4, -0.2) is 72.7 Å². The third-order valence-corrected chi connectivity index (χ3v) is 12.3. The van der Waals surface area contributed by atoms with Crippen LogP contribution < -0.4 is 10.6 Å². The normalized spacial score (nSPS) is 12.2. The van der Waals surface area contributed by atoms with Gasteiger partial charge in [-0.05, 0) is 83.1 Å². The number of carbonyl (C=O) groups excluding carboxylic acids is 6. The molecule has 14 heteroatoms. The van der Waals surface area contributed by atoms with Gasteiger partial charge in [0.05, 0.1) is 16.8 Å². The molecular weight excluding hydrogens is 905 g/mol. The summed E-state index contributed by atoms with van der Waals surface area (Å²) in [5, 5.41) is 5.60. The van der Waals surface area contributed by atoms with E-state index in [0.717, 1.165) is 22.3 Å². The largest absolute Gasteiger partial charge is 0.461 e. The maximum atomic E-state index is 14.1. The second-order valence-corrected chi connectivity index (χ2v) is 18.1. The van der Waals surface area contributed by atoms with Gasteiger partial charge in [0.25, 0.3) is 0 Å². The summed E-state index contributed by atoms with van der Waals surface area (Å²) in [6.45, 7) is 23.6. The minimum Gasteiger partial charge on any atom is -0.461 e. The fourth-order valence-corrected chi connectivity index (χ4v) is 7.82. The Balaban J connectivity index is 1.53. The second-order valence-electron chi connectivity index (χ2n) is 18.1. The molecule has 0 spiro atoms. The number of esters is 4. The lowest BCUT2D eigenvalue weighted by molar-refractivity contribution is -0.178. The fourth-order valence-electron chi connectivity index (χ4n) is 7.82. The van der Waals surface area contributed by atoms with Crippen molar-refractivity contribution in [2.45, 2.75) is 117 Å². The Morgan fingerprint density at radius 1 is 0.549 bits per heavy atom. The Hall–Kier alpha value is -7.48. The Bertz CT molecular complexity index is 2530. The van der Waals surface area contributed by atoms with Crippen molar-refractivity contribution in [3.05, 3.63) is 146 Å². The summed E-state index contributed by atoms with van der Waals surface area (Å²) >= 11 is 0. The molecule has 0 saturated heterocycles. The van der Waals surface area contributed by atoms with Crippen molar-refractivity contribution in [3.8, 4) is 22.3 Å². The maximum Gasteiger partial charge on any atom is 0.412 e. The summed E-state index contributed by atoms with van der Waals surface area (Å²) in [7, 11) is 0. The molecule has 0 aliphatic heterocycles. The van der Waals surface area contributed by atoms with Gasteiger partial charge in [0.15, 0.2) is 11.7 Å². The summed E-state index contributed by atoms with van der Waals surface area (Å²) in [6, 6.07) is 33.3. The molecule has 0 aliphatic carbocycles. The van der Waals surface area contributed by atoms with Crippen molar-refractivity contribution in [2.24, 2.45) is 5.41 Å². The quantitative estimate of drug-likeness (QED) is 0.0365. The lowest BCUT2D eigenvalue weighted by atomic mass is 9.85. The third-order valence-electron chi connectivity index (χ3n) is 12.3. The molecule has 0 radical (unpaired) electrons. The van der Waals surface area contributed by atoms with E-state index in [0.29, 0.717) is 24.2 Å². The summed E-state index contributed by atoms with van der Waals surface area (Å²) < 4.78 is 35.3. The highest BCUT2D eigenvalue weighted by molar-refractivity contribution is 5.93. The third kappa shape index (κ3) is 15.8. The first-order valence-corrected chi connectivity index (χ1v) is 23.8.